The predicted octanol–water partition coefficient (Wildman–Crippen LogP) is 1.10. The van der Waals surface area contributed by atoms with Crippen LogP contribution >= 0.6 is 0 Å². The highest BCUT2D eigenvalue weighted by atomic mass is 16.4. The summed E-state index contributed by atoms with van der Waals surface area (Å²) < 4.78 is 1.44. The van der Waals surface area contributed by atoms with Gasteiger partial charge in [-0.3, -0.25) is 4.79 Å². The Balaban J connectivity index is 1.93. The molecular formula is C12H16N2O3. The second-order valence-electron chi connectivity index (χ2n) is 4.52. The number of nitrogens with one attached hydrogen (secondary N) is 1. The van der Waals surface area contributed by atoms with Crippen LogP contribution in [0, 0.1) is 5.92 Å². The van der Waals surface area contributed by atoms with E-state index in [1.54, 1.807) is 12.3 Å². The monoisotopic (exact) mass is 236 g/mol. The van der Waals surface area contributed by atoms with Crippen LogP contribution < -0.4 is 5.32 Å². The summed E-state index contributed by atoms with van der Waals surface area (Å²) >= 11 is 0. The summed E-state index contributed by atoms with van der Waals surface area (Å²) in [5.74, 6) is -0.552. The number of rotatable bonds is 5. The SMILES string of the molecule is CC(NC(=O)Cn1cccc1C(=O)O)C1CC1. The highest BCUT2D eigenvalue weighted by Crippen LogP contribution is 2.32. The fraction of sp³-hybridized carbons (Fsp3) is 0.500. The van der Waals surface area contributed by atoms with Crippen molar-refractivity contribution >= 4 is 11.9 Å². The van der Waals surface area contributed by atoms with Gasteiger partial charge in [0.05, 0.1) is 0 Å². The van der Waals surface area contributed by atoms with Crippen LogP contribution in [-0.2, 0) is 11.3 Å². The summed E-state index contributed by atoms with van der Waals surface area (Å²) in [6.07, 6.45) is 3.95. The van der Waals surface area contributed by atoms with E-state index in [1.807, 2.05) is 6.92 Å². The number of aromatic carboxylic acids is 1. The standard InChI is InChI=1S/C12H16N2O3/c1-8(9-4-5-9)13-11(15)7-14-6-2-3-10(14)12(16)17/h2-3,6,8-9H,4-5,7H2,1H3,(H,13,15)(H,16,17). The molecule has 0 spiro atoms. The van der Waals surface area contributed by atoms with Crippen LogP contribution in [0.3, 0.4) is 0 Å². The van der Waals surface area contributed by atoms with E-state index in [-0.39, 0.29) is 24.2 Å². The van der Waals surface area contributed by atoms with Gasteiger partial charge in [0, 0.05) is 12.2 Å². The molecule has 0 aromatic carbocycles. The van der Waals surface area contributed by atoms with Crippen molar-refractivity contribution in [3.05, 3.63) is 24.0 Å². The van der Waals surface area contributed by atoms with Crippen LogP contribution in [-0.4, -0.2) is 27.6 Å². The smallest absolute Gasteiger partial charge is 0.352 e. The van der Waals surface area contributed by atoms with Gasteiger partial charge < -0.3 is 15.0 Å². The first-order valence-corrected chi connectivity index (χ1v) is 5.75. The zero-order chi connectivity index (χ0) is 12.4. The number of hydrogen-bond donors (Lipinski definition) is 2. The second-order valence-corrected chi connectivity index (χ2v) is 4.52. The summed E-state index contributed by atoms with van der Waals surface area (Å²) in [7, 11) is 0. The third-order valence-corrected chi connectivity index (χ3v) is 3.08. The number of hydrogen-bond acceptors (Lipinski definition) is 2. The molecule has 1 aromatic heterocycles. The number of carboxylic acid groups (broad SMARTS) is 1. The molecule has 1 heterocycles. The van der Waals surface area contributed by atoms with E-state index >= 15 is 0 Å². The molecular weight excluding hydrogens is 220 g/mol. The molecule has 0 aliphatic heterocycles. The minimum atomic E-state index is -1.02. The van der Waals surface area contributed by atoms with Gasteiger partial charge in [-0.2, -0.15) is 0 Å². The number of aromatic nitrogens is 1. The molecule has 0 bridgehead atoms. The molecule has 1 fully saturated rings. The predicted molar refractivity (Wildman–Crippen MR) is 61.7 cm³/mol. The van der Waals surface area contributed by atoms with Crippen LogP contribution in [0.15, 0.2) is 18.3 Å². The Bertz CT molecular complexity index is 435. The Labute approximate surface area is 99.4 Å². The normalized spacial score (nSPS) is 16.5. The second kappa shape index (κ2) is 4.61. The van der Waals surface area contributed by atoms with Gasteiger partial charge >= 0.3 is 5.97 Å². The minimum Gasteiger partial charge on any atom is -0.477 e. The maximum atomic E-state index is 11.7. The van der Waals surface area contributed by atoms with E-state index in [2.05, 4.69) is 5.32 Å². The van der Waals surface area contributed by atoms with Crippen molar-refractivity contribution in [3.8, 4) is 0 Å². The number of nitrogens with zero attached hydrogens (tertiary/aromatic N) is 1. The van der Waals surface area contributed by atoms with Crippen molar-refractivity contribution in [2.75, 3.05) is 0 Å². The molecule has 1 amide bonds. The first-order chi connectivity index (χ1) is 8.08. The van der Waals surface area contributed by atoms with E-state index in [4.69, 9.17) is 5.11 Å². The van der Waals surface area contributed by atoms with Crippen molar-refractivity contribution in [2.45, 2.75) is 32.4 Å². The minimum absolute atomic E-state index is 0.0612. The lowest BCUT2D eigenvalue weighted by Crippen LogP contribution is -2.36. The summed E-state index contributed by atoms with van der Waals surface area (Å²) in [6.45, 7) is 2.05. The van der Waals surface area contributed by atoms with E-state index in [1.165, 1.54) is 23.5 Å². The lowest BCUT2D eigenvalue weighted by Gasteiger charge is -2.13. The van der Waals surface area contributed by atoms with Crippen molar-refractivity contribution in [2.24, 2.45) is 5.92 Å². The van der Waals surface area contributed by atoms with Gasteiger partial charge in [0.15, 0.2) is 0 Å². The van der Waals surface area contributed by atoms with E-state index in [0.717, 1.165) is 0 Å². The van der Waals surface area contributed by atoms with Gasteiger partial charge in [-0.05, 0) is 37.8 Å². The Morgan fingerprint density at radius 1 is 1.59 bits per heavy atom. The largest absolute Gasteiger partial charge is 0.477 e. The molecule has 1 aromatic rings. The quantitative estimate of drug-likeness (QED) is 0.804. The van der Waals surface area contributed by atoms with Crippen molar-refractivity contribution in [1.29, 1.82) is 0 Å². The summed E-state index contributed by atoms with van der Waals surface area (Å²) in [4.78, 5) is 22.6. The van der Waals surface area contributed by atoms with E-state index in [0.29, 0.717) is 5.92 Å². The summed E-state index contributed by atoms with van der Waals surface area (Å²) in [5, 5.41) is 11.8. The summed E-state index contributed by atoms with van der Waals surface area (Å²) in [5.41, 5.74) is 0.138. The van der Waals surface area contributed by atoms with E-state index < -0.39 is 5.97 Å². The zero-order valence-corrected chi connectivity index (χ0v) is 9.72. The van der Waals surface area contributed by atoms with Crippen molar-refractivity contribution in [1.82, 2.24) is 9.88 Å². The van der Waals surface area contributed by atoms with Gasteiger partial charge in [-0.15, -0.1) is 0 Å². The summed E-state index contributed by atoms with van der Waals surface area (Å²) in [6, 6.07) is 3.30. The van der Waals surface area contributed by atoms with Crippen molar-refractivity contribution < 1.29 is 14.7 Å². The zero-order valence-electron chi connectivity index (χ0n) is 9.72. The molecule has 1 aliphatic rings. The Morgan fingerprint density at radius 2 is 2.29 bits per heavy atom. The first-order valence-electron chi connectivity index (χ1n) is 5.75. The van der Waals surface area contributed by atoms with Crippen LogP contribution in [0.2, 0.25) is 0 Å². The molecule has 92 valence electrons. The molecule has 2 N–H and O–H groups in total. The third-order valence-electron chi connectivity index (χ3n) is 3.08. The topological polar surface area (TPSA) is 71.3 Å². The molecule has 17 heavy (non-hydrogen) atoms. The van der Waals surface area contributed by atoms with Gasteiger partial charge in [-0.25, -0.2) is 4.79 Å². The third kappa shape index (κ3) is 2.87. The molecule has 0 radical (unpaired) electrons. The van der Waals surface area contributed by atoms with E-state index in [9.17, 15) is 9.59 Å². The molecule has 5 nitrogen and oxygen atoms in total. The van der Waals surface area contributed by atoms with Gasteiger partial charge in [0.2, 0.25) is 5.91 Å². The number of carbonyl (C=O) groups is 2. The van der Waals surface area contributed by atoms with Crippen LogP contribution in [0.5, 0.6) is 0 Å². The van der Waals surface area contributed by atoms with Gasteiger partial charge in [-0.1, -0.05) is 0 Å². The lowest BCUT2D eigenvalue weighted by atomic mass is 10.2. The average Bonchev–Trinajstić information content (AvgIpc) is 2.99. The van der Waals surface area contributed by atoms with Crippen molar-refractivity contribution in [3.63, 3.8) is 0 Å². The Hall–Kier alpha value is -1.78. The highest BCUT2D eigenvalue weighted by Gasteiger charge is 2.28. The Kier molecular flexibility index (Phi) is 3.17. The van der Waals surface area contributed by atoms with Crippen LogP contribution in [0.1, 0.15) is 30.3 Å². The number of carboxylic acids is 1. The lowest BCUT2D eigenvalue weighted by molar-refractivity contribution is -0.122. The maximum absolute atomic E-state index is 11.7. The molecule has 1 atom stereocenters. The molecule has 2 rings (SSSR count). The Morgan fingerprint density at radius 3 is 2.88 bits per heavy atom. The fourth-order valence-corrected chi connectivity index (χ4v) is 1.91. The maximum Gasteiger partial charge on any atom is 0.352 e. The van der Waals surface area contributed by atoms with Crippen LogP contribution in [0.4, 0.5) is 0 Å². The molecule has 0 saturated heterocycles. The molecule has 1 saturated carbocycles. The first kappa shape index (κ1) is 11.7. The number of amides is 1. The van der Waals surface area contributed by atoms with Crippen LogP contribution in [0.25, 0.3) is 0 Å². The molecule has 1 unspecified atom stereocenters. The van der Waals surface area contributed by atoms with Gasteiger partial charge in [0.1, 0.15) is 12.2 Å². The van der Waals surface area contributed by atoms with Gasteiger partial charge in [0.25, 0.3) is 0 Å². The highest BCUT2D eigenvalue weighted by molar-refractivity contribution is 5.86. The fourth-order valence-electron chi connectivity index (χ4n) is 1.91. The molecule has 1 aliphatic carbocycles. The average molecular weight is 236 g/mol. The molecule has 5 heteroatoms. The number of carbonyl (C=O) groups excluding carboxylic acids is 1.